The van der Waals surface area contributed by atoms with Gasteiger partial charge in [0.25, 0.3) is 0 Å². The summed E-state index contributed by atoms with van der Waals surface area (Å²) in [7, 11) is 0. The molecular formula is C8H16N2O. The van der Waals surface area contributed by atoms with Crippen LogP contribution in [0, 0.1) is 0 Å². The van der Waals surface area contributed by atoms with E-state index in [4.69, 9.17) is 5.73 Å². The van der Waals surface area contributed by atoms with E-state index >= 15 is 0 Å². The fraction of sp³-hybridized carbons (Fsp3) is 0.875. The quantitative estimate of drug-likeness (QED) is 0.621. The van der Waals surface area contributed by atoms with Crippen LogP contribution in [0.15, 0.2) is 0 Å². The van der Waals surface area contributed by atoms with Gasteiger partial charge in [-0.2, -0.15) is 0 Å². The van der Waals surface area contributed by atoms with Crippen LogP contribution in [0.1, 0.15) is 33.1 Å². The van der Waals surface area contributed by atoms with Gasteiger partial charge < -0.3 is 11.1 Å². The Balaban J connectivity index is 2.31. The zero-order valence-corrected chi connectivity index (χ0v) is 7.18. The summed E-state index contributed by atoms with van der Waals surface area (Å²) in [6.45, 7) is 3.97. The van der Waals surface area contributed by atoms with Crippen molar-refractivity contribution < 1.29 is 4.79 Å². The average molecular weight is 156 g/mol. The highest BCUT2D eigenvalue weighted by atomic mass is 16.2. The molecule has 11 heavy (non-hydrogen) atoms. The van der Waals surface area contributed by atoms with Gasteiger partial charge in [0.1, 0.15) is 0 Å². The smallest absolute Gasteiger partial charge is 0.237 e. The number of hydrogen-bond acceptors (Lipinski definition) is 2. The van der Waals surface area contributed by atoms with Crippen LogP contribution in [-0.2, 0) is 4.79 Å². The van der Waals surface area contributed by atoms with Crippen molar-refractivity contribution in [3.8, 4) is 0 Å². The minimum atomic E-state index is -0.326. The lowest BCUT2D eigenvalue weighted by atomic mass is 10.2. The molecule has 1 fully saturated rings. The third-order valence-corrected chi connectivity index (χ3v) is 2.20. The molecule has 0 aliphatic heterocycles. The van der Waals surface area contributed by atoms with Gasteiger partial charge in [0.15, 0.2) is 0 Å². The van der Waals surface area contributed by atoms with E-state index < -0.39 is 0 Å². The molecule has 3 nitrogen and oxygen atoms in total. The van der Waals surface area contributed by atoms with Crippen LogP contribution < -0.4 is 11.1 Å². The maximum atomic E-state index is 11.2. The Hall–Kier alpha value is -0.570. The maximum absolute atomic E-state index is 11.2. The molecule has 0 aromatic carbocycles. The van der Waals surface area contributed by atoms with Crippen LogP contribution in [0.3, 0.4) is 0 Å². The fourth-order valence-corrected chi connectivity index (χ4v) is 0.888. The summed E-state index contributed by atoms with van der Waals surface area (Å²) in [5.41, 5.74) is 5.61. The summed E-state index contributed by atoms with van der Waals surface area (Å²) >= 11 is 0. The van der Waals surface area contributed by atoms with E-state index in [1.54, 1.807) is 0 Å². The first-order valence-corrected chi connectivity index (χ1v) is 4.15. The molecule has 1 atom stereocenters. The molecule has 0 spiro atoms. The van der Waals surface area contributed by atoms with Crippen LogP contribution in [0.4, 0.5) is 0 Å². The van der Waals surface area contributed by atoms with Crippen LogP contribution in [0.25, 0.3) is 0 Å². The molecule has 3 N–H and O–H groups in total. The molecule has 0 radical (unpaired) electrons. The van der Waals surface area contributed by atoms with Crippen molar-refractivity contribution in [1.82, 2.24) is 5.32 Å². The second-order valence-electron chi connectivity index (χ2n) is 3.56. The summed E-state index contributed by atoms with van der Waals surface area (Å²) in [5.74, 6) is -0.00694. The van der Waals surface area contributed by atoms with E-state index in [9.17, 15) is 4.79 Å². The van der Waals surface area contributed by atoms with Crippen molar-refractivity contribution in [1.29, 1.82) is 0 Å². The van der Waals surface area contributed by atoms with Crippen LogP contribution in [0.2, 0.25) is 0 Å². The molecule has 0 saturated heterocycles. The number of carbonyl (C=O) groups is 1. The van der Waals surface area contributed by atoms with Gasteiger partial charge in [-0.05, 0) is 26.2 Å². The lowest BCUT2D eigenvalue weighted by Gasteiger charge is -2.14. The first-order valence-electron chi connectivity index (χ1n) is 4.15. The highest BCUT2D eigenvalue weighted by Crippen LogP contribution is 2.34. The average Bonchev–Trinajstić information content (AvgIpc) is 2.66. The molecule has 1 amide bonds. The van der Waals surface area contributed by atoms with E-state index in [0.717, 1.165) is 12.8 Å². The molecule has 0 unspecified atom stereocenters. The number of rotatable bonds is 3. The van der Waals surface area contributed by atoms with Crippen molar-refractivity contribution in [2.75, 3.05) is 0 Å². The van der Waals surface area contributed by atoms with Gasteiger partial charge >= 0.3 is 0 Å². The number of amides is 1. The first-order chi connectivity index (χ1) is 5.07. The standard InChI is InChI=1S/C8H16N2O/c1-3-6(9)7(11)10-8(2)4-5-8/h6H,3-5,9H2,1-2H3,(H,10,11)/t6-/m1/s1. The monoisotopic (exact) mass is 156 g/mol. The number of nitrogens with one attached hydrogen (secondary N) is 1. The lowest BCUT2D eigenvalue weighted by molar-refractivity contribution is -0.123. The van der Waals surface area contributed by atoms with Crippen LogP contribution >= 0.6 is 0 Å². The van der Waals surface area contributed by atoms with Crippen LogP contribution in [0.5, 0.6) is 0 Å². The SMILES string of the molecule is CC[C@@H](N)C(=O)NC1(C)CC1. The summed E-state index contributed by atoms with van der Waals surface area (Å²) in [6, 6.07) is -0.326. The molecule has 64 valence electrons. The predicted octanol–water partition coefficient (Wildman–Crippen LogP) is 0.392. The fourth-order valence-electron chi connectivity index (χ4n) is 0.888. The Morgan fingerprint density at radius 3 is 2.64 bits per heavy atom. The Morgan fingerprint density at radius 2 is 2.27 bits per heavy atom. The van der Waals surface area contributed by atoms with Crippen molar-refractivity contribution in [3.05, 3.63) is 0 Å². The van der Waals surface area contributed by atoms with Crippen molar-refractivity contribution in [2.45, 2.75) is 44.7 Å². The van der Waals surface area contributed by atoms with Gasteiger partial charge in [0.05, 0.1) is 6.04 Å². The van der Waals surface area contributed by atoms with Crippen molar-refractivity contribution >= 4 is 5.91 Å². The molecule has 0 heterocycles. The Kier molecular flexibility index (Phi) is 2.18. The molecule has 1 rings (SSSR count). The Bertz CT molecular complexity index is 163. The molecule has 0 bridgehead atoms. The largest absolute Gasteiger partial charge is 0.350 e. The third kappa shape index (κ3) is 2.19. The topological polar surface area (TPSA) is 55.1 Å². The third-order valence-electron chi connectivity index (χ3n) is 2.20. The van der Waals surface area contributed by atoms with Crippen LogP contribution in [-0.4, -0.2) is 17.5 Å². The lowest BCUT2D eigenvalue weighted by Crippen LogP contribution is -2.45. The molecule has 1 aliphatic rings. The van der Waals surface area contributed by atoms with Gasteiger partial charge in [-0.25, -0.2) is 0 Å². The van der Waals surface area contributed by atoms with Gasteiger partial charge in [-0.15, -0.1) is 0 Å². The summed E-state index contributed by atoms with van der Waals surface area (Å²) in [4.78, 5) is 11.2. The van der Waals surface area contributed by atoms with Gasteiger partial charge in [0, 0.05) is 5.54 Å². The second-order valence-corrected chi connectivity index (χ2v) is 3.56. The van der Waals surface area contributed by atoms with Crippen molar-refractivity contribution in [3.63, 3.8) is 0 Å². The van der Waals surface area contributed by atoms with Gasteiger partial charge in [0.2, 0.25) is 5.91 Å². The summed E-state index contributed by atoms with van der Waals surface area (Å²) in [6.07, 6.45) is 2.90. The number of nitrogens with two attached hydrogens (primary N) is 1. The normalized spacial score (nSPS) is 22.5. The molecule has 1 aliphatic carbocycles. The van der Waals surface area contributed by atoms with Crippen molar-refractivity contribution in [2.24, 2.45) is 5.73 Å². The van der Waals surface area contributed by atoms with E-state index in [1.807, 2.05) is 13.8 Å². The number of carbonyl (C=O) groups excluding carboxylic acids is 1. The zero-order chi connectivity index (χ0) is 8.48. The minimum Gasteiger partial charge on any atom is -0.350 e. The second kappa shape index (κ2) is 2.81. The van der Waals surface area contributed by atoms with Gasteiger partial charge in [-0.1, -0.05) is 6.92 Å². The highest BCUT2D eigenvalue weighted by Gasteiger charge is 2.39. The van der Waals surface area contributed by atoms with E-state index in [1.165, 1.54) is 0 Å². The molecule has 3 heteroatoms. The summed E-state index contributed by atoms with van der Waals surface area (Å²) in [5, 5.41) is 2.92. The van der Waals surface area contributed by atoms with E-state index in [2.05, 4.69) is 5.32 Å². The Morgan fingerprint density at radius 1 is 1.73 bits per heavy atom. The molecular weight excluding hydrogens is 140 g/mol. The summed E-state index contributed by atoms with van der Waals surface area (Å²) < 4.78 is 0. The first kappa shape index (κ1) is 8.53. The van der Waals surface area contributed by atoms with E-state index in [0.29, 0.717) is 6.42 Å². The molecule has 0 aromatic heterocycles. The molecule has 0 aromatic rings. The Labute approximate surface area is 67.3 Å². The zero-order valence-electron chi connectivity index (χ0n) is 7.18. The maximum Gasteiger partial charge on any atom is 0.237 e. The predicted molar refractivity (Wildman–Crippen MR) is 44.0 cm³/mol. The number of hydrogen-bond donors (Lipinski definition) is 2. The molecule has 1 saturated carbocycles. The highest BCUT2D eigenvalue weighted by molar-refractivity contribution is 5.82. The van der Waals surface area contributed by atoms with E-state index in [-0.39, 0.29) is 17.5 Å². The minimum absolute atomic E-state index is 0.00694. The van der Waals surface area contributed by atoms with Gasteiger partial charge in [-0.3, -0.25) is 4.79 Å².